The van der Waals surface area contributed by atoms with Crippen molar-refractivity contribution in [2.45, 2.75) is 19.3 Å². The molecule has 0 fully saturated rings. The minimum Gasteiger partial charge on any atom is -0.465 e. The lowest BCUT2D eigenvalue weighted by Gasteiger charge is -2.14. The third kappa shape index (κ3) is 3.74. The molecule has 4 rings (SSSR count). The number of carbonyl (C=O) groups is 1. The van der Waals surface area contributed by atoms with E-state index in [9.17, 15) is 4.79 Å². The van der Waals surface area contributed by atoms with Crippen LogP contribution in [-0.2, 0) is 16.0 Å². The molecule has 1 heterocycles. The maximum Gasteiger partial charge on any atom is 0.316 e. The number of hydrogen-bond acceptors (Lipinski definition) is 5. The Balaban J connectivity index is 1.73. The molecular weight excluding hydrogens is 376 g/mol. The van der Waals surface area contributed by atoms with Crippen LogP contribution in [0.4, 0.5) is 0 Å². The van der Waals surface area contributed by atoms with Gasteiger partial charge in [0.1, 0.15) is 17.3 Å². The van der Waals surface area contributed by atoms with Crippen LogP contribution in [0.3, 0.4) is 0 Å². The molecule has 5 heteroatoms. The molecule has 0 aliphatic heterocycles. The van der Waals surface area contributed by atoms with E-state index in [1.54, 1.807) is 37.3 Å². The molecular formula is C25H18N2O3. The van der Waals surface area contributed by atoms with E-state index in [-0.39, 0.29) is 12.6 Å². The van der Waals surface area contributed by atoms with Gasteiger partial charge < -0.3 is 9.15 Å². The summed E-state index contributed by atoms with van der Waals surface area (Å²) in [5.41, 5.74) is 2.68. The Morgan fingerprint density at radius 2 is 1.63 bits per heavy atom. The number of nitriles is 2. The van der Waals surface area contributed by atoms with Crippen LogP contribution < -0.4 is 0 Å². The molecule has 0 bridgehead atoms. The molecule has 1 aromatic heterocycles. The SMILES string of the molecule is CCOC(=O)C(Cc1ccc2ccc(C#N)cc2c1)c1cc2cc(C#N)ccc2o1. The predicted molar refractivity (Wildman–Crippen MR) is 113 cm³/mol. The molecule has 0 spiro atoms. The first-order chi connectivity index (χ1) is 14.6. The number of ether oxygens (including phenoxy) is 1. The van der Waals surface area contributed by atoms with Gasteiger partial charge in [0.15, 0.2) is 0 Å². The second-order valence-corrected chi connectivity index (χ2v) is 7.03. The van der Waals surface area contributed by atoms with Gasteiger partial charge in [-0.25, -0.2) is 0 Å². The van der Waals surface area contributed by atoms with Crippen LogP contribution in [0, 0.1) is 22.7 Å². The van der Waals surface area contributed by atoms with E-state index in [4.69, 9.17) is 19.7 Å². The summed E-state index contributed by atoms with van der Waals surface area (Å²) in [7, 11) is 0. The normalized spacial score (nSPS) is 11.7. The number of carbonyl (C=O) groups excluding carboxylic acids is 1. The van der Waals surface area contributed by atoms with Crippen molar-refractivity contribution in [3.05, 3.63) is 83.1 Å². The molecule has 146 valence electrons. The fourth-order valence-electron chi connectivity index (χ4n) is 3.58. The van der Waals surface area contributed by atoms with E-state index in [1.807, 2.05) is 30.3 Å². The molecule has 3 aromatic carbocycles. The van der Waals surface area contributed by atoms with Crippen LogP contribution in [0.15, 0.2) is 65.1 Å². The first-order valence-electron chi connectivity index (χ1n) is 9.64. The zero-order valence-electron chi connectivity index (χ0n) is 16.4. The number of nitrogens with zero attached hydrogens (tertiary/aromatic N) is 2. The van der Waals surface area contributed by atoms with Gasteiger partial charge in [-0.2, -0.15) is 10.5 Å². The molecule has 0 saturated carbocycles. The van der Waals surface area contributed by atoms with Gasteiger partial charge in [0.05, 0.1) is 29.9 Å². The Hall–Kier alpha value is -4.09. The molecule has 0 aliphatic rings. The third-order valence-electron chi connectivity index (χ3n) is 5.05. The lowest BCUT2D eigenvalue weighted by atomic mass is 9.94. The fraction of sp³-hybridized carbons (Fsp3) is 0.160. The topological polar surface area (TPSA) is 87.0 Å². The Morgan fingerprint density at radius 3 is 2.37 bits per heavy atom. The Bertz CT molecular complexity index is 1340. The molecule has 0 N–H and O–H groups in total. The molecule has 0 saturated heterocycles. The van der Waals surface area contributed by atoms with Gasteiger partial charge in [0.2, 0.25) is 0 Å². The summed E-state index contributed by atoms with van der Waals surface area (Å²) in [6.45, 7) is 2.05. The highest BCUT2D eigenvalue weighted by molar-refractivity contribution is 5.86. The van der Waals surface area contributed by atoms with Crippen LogP contribution in [0.2, 0.25) is 0 Å². The van der Waals surface area contributed by atoms with Crippen molar-refractivity contribution in [1.29, 1.82) is 10.5 Å². The van der Waals surface area contributed by atoms with Crippen molar-refractivity contribution in [2.75, 3.05) is 6.61 Å². The summed E-state index contributed by atoms with van der Waals surface area (Å²) in [4.78, 5) is 12.7. The quantitative estimate of drug-likeness (QED) is 0.433. The summed E-state index contributed by atoms with van der Waals surface area (Å²) in [5, 5.41) is 21.0. The number of furan rings is 1. The van der Waals surface area contributed by atoms with Crippen molar-refractivity contribution in [3.8, 4) is 12.1 Å². The molecule has 0 radical (unpaired) electrons. The van der Waals surface area contributed by atoms with Crippen LogP contribution in [-0.4, -0.2) is 12.6 Å². The number of hydrogen-bond donors (Lipinski definition) is 0. The highest BCUT2D eigenvalue weighted by Crippen LogP contribution is 2.30. The zero-order valence-corrected chi connectivity index (χ0v) is 16.4. The molecule has 0 aliphatic carbocycles. The van der Waals surface area contributed by atoms with Crippen molar-refractivity contribution < 1.29 is 13.9 Å². The minimum absolute atomic E-state index is 0.275. The number of fused-ring (bicyclic) bond motifs is 2. The Kier molecular flexibility index (Phi) is 5.20. The van der Waals surface area contributed by atoms with Crippen LogP contribution in [0.25, 0.3) is 21.7 Å². The van der Waals surface area contributed by atoms with E-state index in [0.29, 0.717) is 28.9 Å². The monoisotopic (exact) mass is 394 g/mol. The average molecular weight is 394 g/mol. The summed E-state index contributed by atoms with van der Waals surface area (Å²) < 4.78 is 11.2. The second-order valence-electron chi connectivity index (χ2n) is 7.03. The highest BCUT2D eigenvalue weighted by Gasteiger charge is 2.26. The van der Waals surface area contributed by atoms with Crippen LogP contribution in [0.5, 0.6) is 0 Å². The van der Waals surface area contributed by atoms with E-state index >= 15 is 0 Å². The van der Waals surface area contributed by atoms with E-state index in [2.05, 4.69) is 12.1 Å². The first kappa shape index (κ1) is 19.2. The van der Waals surface area contributed by atoms with Gasteiger partial charge in [0.25, 0.3) is 0 Å². The van der Waals surface area contributed by atoms with Crippen molar-refractivity contribution in [1.82, 2.24) is 0 Å². The molecule has 30 heavy (non-hydrogen) atoms. The van der Waals surface area contributed by atoms with E-state index < -0.39 is 5.92 Å². The van der Waals surface area contributed by atoms with Gasteiger partial charge in [-0.05, 0) is 66.1 Å². The number of esters is 1. The van der Waals surface area contributed by atoms with Gasteiger partial charge >= 0.3 is 5.97 Å². The molecule has 1 unspecified atom stereocenters. The zero-order chi connectivity index (χ0) is 21.1. The van der Waals surface area contributed by atoms with E-state index in [0.717, 1.165) is 21.7 Å². The molecule has 1 atom stereocenters. The first-order valence-corrected chi connectivity index (χ1v) is 9.64. The van der Waals surface area contributed by atoms with Crippen molar-refractivity contribution in [3.63, 3.8) is 0 Å². The standard InChI is InChI=1S/C25H18N2O3/c1-2-29-25(28)22(24-13-21-11-18(15-27)5-8-23(21)30-24)12-16-3-6-19-7-4-17(14-26)10-20(19)9-16/h3-11,13,22H,2,12H2,1H3. The lowest BCUT2D eigenvalue weighted by molar-refractivity contribution is -0.145. The second kappa shape index (κ2) is 8.11. The average Bonchev–Trinajstić information content (AvgIpc) is 3.19. The Labute approximate surface area is 173 Å². The van der Waals surface area contributed by atoms with Crippen LogP contribution in [0.1, 0.15) is 35.3 Å². The fourth-order valence-corrected chi connectivity index (χ4v) is 3.58. The lowest BCUT2D eigenvalue weighted by Crippen LogP contribution is -2.17. The van der Waals surface area contributed by atoms with Gasteiger partial charge in [-0.3, -0.25) is 4.79 Å². The third-order valence-corrected chi connectivity index (χ3v) is 5.05. The highest BCUT2D eigenvalue weighted by atomic mass is 16.5. The largest absolute Gasteiger partial charge is 0.465 e. The summed E-state index contributed by atoms with van der Waals surface area (Å²) >= 11 is 0. The van der Waals surface area contributed by atoms with Crippen molar-refractivity contribution >= 4 is 27.7 Å². The summed E-state index contributed by atoms with van der Waals surface area (Å²) in [6, 6.07) is 22.7. The van der Waals surface area contributed by atoms with Gasteiger partial charge in [-0.1, -0.05) is 24.3 Å². The summed E-state index contributed by atoms with van der Waals surface area (Å²) in [5.74, 6) is -0.466. The number of benzene rings is 3. The maximum absolute atomic E-state index is 12.7. The molecule has 5 nitrogen and oxygen atoms in total. The van der Waals surface area contributed by atoms with E-state index in [1.165, 1.54) is 0 Å². The van der Waals surface area contributed by atoms with Gasteiger partial charge in [0, 0.05) is 5.39 Å². The maximum atomic E-state index is 12.7. The molecule has 0 amide bonds. The number of rotatable bonds is 5. The van der Waals surface area contributed by atoms with Crippen LogP contribution >= 0.6 is 0 Å². The van der Waals surface area contributed by atoms with Crippen molar-refractivity contribution in [2.24, 2.45) is 0 Å². The summed E-state index contributed by atoms with van der Waals surface area (Å²) in [6.07, 6.45) is 0.399. The smallest absolute Gasteiger partial charge is 0.316 e. The predicted octanol–water partition coefficient (Wildman–Crippen LogP) is 5.22. The molecule has 4 aromatic rings. The Morgan fingerprint density at radius 1 is 0.933 bits per heavy atom. The minimum atomic E-state index is -0.612. The van der Waals surface area contributed by atoms with Gasteiger partial charge in [-0.15, -0.1) is 0 Å².